The first-order valence-electron chi connectivity index (χ1n) is 11.9. The second-order valence-electron chi connectivity index (χ2n) is 9.13. The van der Waals surface area contributed by atoms with Crippen LogP contribution in [0.15, 0.2) is 57.8 Å². The van der Waals surface area contributed by atoms with Gasteiger partial charge >= 0.3 is 0 Å². The Morgan fingerprint density at radius 3 is 2.38 bits per heavy atom. The summed E-state index contributed by atoms with van der Waals surface area (Å²) in [6, 6.07) is 14.0. The van der Waals surface area contributed by atoms with Crippen LogP contribution in [0, 0.1) is 0 Å². The van der Waals surface area contributed by atoms with E-state index < -0.39 is 10.0 Å². The van der Waals surface area contributed by atoms with E-state index in [1.54, 1.807) is 24.3 Å². The van der Waals surface area contributed by atoms with Crippen LogP contribution in [-0.2, 0) is 14.8 Å². The van der Waals surface area contributed by atoms with Gasteiger partial charge in [0.2, 0.25) is 15.9 Å². The Hall–Kier alpha value is -2.75. The van der Waals surface area contributed by atoms with Gasteiger partial charge in [-0.3, -0.25) is 9.69 Å². The quantitative estimate of drug-likeness (QED) is 0.574. The summed E-state index contributed by atoms with van der Waals surface area (Å²) < 4.78 is 32.8. The molecule has 1 unspecified atom stereocenters. The maximum atomic E-state index is 12.9. The lowest BCUT2D eigenvalue weighted by Crippen LogP contribution is -2.45. The van der Waals surface area contributed by atoms with Gasteiger partial charge in [-0.2, -0.15) is 4.31 Å². The summed E-state index contributed by atoms with van der Waals surface area (Å²) in [5.41, 5.74) is 2.29. The van der Waals surface area contributed by atoms with Crippen molar-refractivity contribution in [3.05, 3.63) is 54.4 Å². The summed E-state index contributed by atoms with van der Waals surface area (Å²) in [6.07, 6.45) is 3.57. The van der Waals surface area contributed by atoms with Crippen LogP contribution in [0.3, 0.4) is 0 Å². The number of hydrogen-bond donors (Lipinski definition) is 1. The van der Waals surface area contributed by atoms with Crippen molar-refractivity contribution in [3.8, 4) is 0 Å². The molecule has 0 spiro atoms. The fraction of sp³-hybridized carbons (Fsp3) is 0.440. The van der Waals surface area contributed by atoms with Crippen LogP contribution in [-0.4, -0.2) is 60.7 Å². The number of sulfonamides is 1. The van der Waals surface area contributed by atoms with Crippen molar-refractivity contribution in [2.45, 2.75) is 49.5 Å². The lowest BCUT2D eigenvalue weighted by atomic mass is 9.95. The highest BCUT2D eigenvalue weighted by Gasteiger charge is 2.30. The van der Waals surface area contributed by atoms with E-state index >= 15 is 0 Å². The SMILES string of the molecule is CC(C(=O)Nc1ccc(S(=O)(=O)N2CCCC2)cc1)N1CCC(c2nc3ccccc3o2)CC1. The smallest absolute Gasteiger partial charge is 0.243 e. The molecule has 1 aromatic heterocycles. The van der Waals surface area contributed by atoms with Gasteiger partial charge < -0.3 is 9.73 Å². The van der Waals surface area contributed by atoms with E-state index in [9.17, 15) is 13.2 Å². The number of hydrogen-bond acceptors (Lipinski definition) is 6. The first-order chi connectivity index (χ1) is 16.4. The van der Waals surface area contributed by atoms with Crippen LogP contribution in [0.2, 0.25) is 0 Å². The Bertz CT molecular complexity index is 1220. The molecule has 2 aliphatic rings. The number of fused-ring (bicyclic) bond motifs is 1. The molecule has 3 heterocycles. The molecule has 0 aliphatic carbocycles. The van der Waals surface area contributed by atoms with Gasteiger partial charge in [0, 0.05) is 24.7 Å². The van der Waals surface area contributed by atoms with E-state index in [0.717, 1.165) is 55.8 Å². The molecule has 8 nitrogen and oxygen atoms in total. The first kappa shape index (κ1) is 23.0. The van der Waals surface area contributed by atoms with Gasteiger partial charge in [-0.25, -0.2) is 13.4 Å². The summed E-state index contributed by atoms with van der Waals surface area (Å²) >= 11 is 0. The molecule has 9 heteroatoms. The molecule has 1 atom stereocenters. The molecule has 180 valence electrons. The molecule has 1 N–H and O–H groups in total. The number of nitrogens with one attached hydrogen (secondary N) is 1. The minimum atomic E-state index is -3.45. The third-order valence-electron chi connectivity index (χ3n) is 6.94. The highest BCUT2D eigenvalue weighted by Crippen LogP contribution is 2.31. The van der Waals surface area contributed by atoms with Gasteiger partial charge in [0.05, 0.1) is 10.9 Å². The standard InChI is InChI=1S/C25H30N4O4S/c1-18(28-16-12-19(13-17-28)25-27-22-6-2-3-7-23(22)33-25)24(30)26-20-8-10-21(11-9-20)34(31,32)29-14-4-5-15-29/h2-3,6-11,18-19H,4-5,12-17H2,1H3,(H,26,30). The number of likely N-dealkylation sites (tertiary alicyclic amines) is 1. The third-order valence-corrected chi connectivity index (χ3v) is 8.85. The molecule has 2 fully saturated rings. The van der Waals surface area contributed by atoms with Gasteiger partial charge in [-0.05, 0) is 82.1 Å². The van der Waals surface area contributed by atoms with Crippen molar-refractivity contribution in [2.24, 2.45) is 0 Å². The number of carbonyl (C=O) groups excluding carboxylic acids is 1. The molecule has 2 aromatic carbocycles. The highest BCUT2D eigenvalue weighted by atomic mass is 32.2. The van der Waals surface area contributed by atoms with Crippen LogP contribution < -0.4 is 5.32 Å². The molecule has 2 aliphatic heterocycles. The number of amides is 1. The van der Waals surface area contributed by atoms with Gasteiger partial charge in [0.15, 0.2) is 11.5 Å². The number of benzene rings is 2. The Balaban J connectivity index is 1.16. The number of anilines is 1. The molecule has 0 bridgehead atoms. The molecule has 5 rings (SSSR count). The largest absolute Gasteiger partial charge is 0.440 e. The third kappa shape index (κ3) is 4.60. The van der Waals surface area contributed by atoms with Gasteiger partial charge in [-0.1, -0.05) is 12.1 Å². The highest BCUT2D eigenvalue weighted by molar-refractivity contribution is 7.89. The molecular formula is C25H30N4O4S. The topological polar surface area (TPSA) is 95.8 Å². The zero-order chi connectivity index (χ0) is 23.7. The summed E-state index contributed by atoms with van der Waals surface area (Å²) in [4.78, 5) is 19.9. The van der Waals surface area contributed by atoms with Crippen LogP contribution in [0.1, 0.15) is 44.4 Å². The number of nitrogens with zero attached hydrogens (tertiary/aromatic N) is 3. The van der Waals surface area contributed by atoms with E-state index in [1.165, 1.54) is 4.31 Å². The summed E-state index contributed by atoms with van der Waals surface area (Å²) in [5, 5.41) is 2.93. The van der Waals surface area contributed by atoms with Gasteiger partial charge in [0.25, 0.3) is 0 Å². The minimum absolute atomic E-state index is 0.101. The molecule has 1 amide bonds. The van der Waals surface area contributed by atoms with Crippen LogP contribution in [0.5, 0.6) is 0 Å². The molecule has 0 radical (unpaired) electrons. The zero-order valence-electron chi connectivity index (χ0n) is 19.3. The van der Waals surface area contributed by atoms with Crippen LogP contribution in [0.25, 0.3) is 11.1 Å². The van der Waals surface area contributed by atoms with Crippen molar-refractivity contribution >= 4 is 32.7 Å². The second-order valence-corrected chi connectivity index (χ2v) is 11.1. The number of para-hydroxylation sites is 2. The predicted molar refractivity (Wildman–Crippen MR) is 130 cm³/mol. The zero-order valence-corrected chi connectivity index (χ0v) is 20.1. The number of rotatable bonds is 6. The fourth-order valence-electron chi connectivity index (χ4n) is 4.80. The van der Waals surface area contributed by atoms with Crippen molar-refractivity contribution in [1.29, 1.82) is 0 Å². The summed E-state index contributed by atoms with van der Waals surface area (Å²) in [6.45, 7) is 4.61. The summed E-state index contributed by atoms with van der Waals surface area (Å²) in [7, 11) is -3.45. The lowest BCUT2D eigenvalue weighted by Gasteiger charge is -2.34. The number of carbonyl (C=O) groups is 1. The average Bonchev–Trinajstić information content (AvgIpc) is 3.55. The van der Waals surface area contributed by atoms with E-state index in [4.69, 9.17) is 4.42 Å². The van der Waals surface area contributed by atoms with Crippen molar-refractivity contribution in [2.75, 3.05) is 31.5 Å². The molecule has 34 heavy (non-hydrogen) atoms. The maximum Gasteiger partial charge on any atom is 0.243 e. The van der Waals surface area contributed by atoms with E-state index in [-0.39, 0.29) is 22.8 Å². The van der Waals surface area contributed by atoms with Gasteiger partial charge in [-0.15, -0.1) is 0 Å². The Morgan fingerprint density at radius 2 is 1.71 bits per heavy atom. The Kier molecular flexibility index (Phi) is 6.42. The Labute approximate surface area is 200 Å². The van der Waals surface area contributed by atoms with Crippen molar-refractivity contribution in [3.63, 3.8) is 0 Å². The normalized spacial score (nSPS) is 19.4. The summed E-state index contributed by atoms with van der Waals surface area (Å²) in [5.74, 6) is 0.932. The lowest BCUT2D eigenvalue weighted by molar-refractivity contribution is -0.121. The Morgan fingerprint density at radius 1 is 1.03 bits per heavy atom. The molecule has 0 saturated carbocycles. The number of piperidine rings is 1. The van der Waals surface area contributed by atoms with Crippen LogP contribution in [0.4, 0.5) is 5.69 Å². The fourth-order valence-corrected chi connectivity index (χ4v) is 6.32. The van der Waals surface area contributed by atoms with Crippen molar-refractivity contribution < 1.29 is 17.6 Å². The number of aromatic nitrogens is 1. The molecule has 2 saturated heterocycles. The van der Waals surface area contributed by atoms with Crippen LogP contribution >= 0.6 is 0 Å². The predicted octanol–water partition coefficient (Wildman–Crippen LogP) is 3.82. The van der Waals surface area contributed by atoms with E-state index in [1.807, 2.05) is 31.2 Å². The maximum absolute atomic E-state index is 12.9. The number of oxazole rings is 1. The van der Waals surface area contributed by atoms with E-state index in [2.05, 4.69) is 15.2 Å². The molecule has 3 aromatic rings. The minimum Gasteiger partial charge on any atom is -0.440 e. The van der Waals surface area contributed by atoms with E-state index in [0.29, 0.717) is 18.8 Å². The van der Waals surface area contributed by atoms with Gasteiger partial charge in [0.1, 0.15) is 5.52 Å². The molecular weight excluding hydrogens is 452 g/mol. The first-order valence-corrected chi connectivity index (χ1v) is 13.4. The van der Waals surface area contributed by atoms with Crippen molar-refractivity contribution in [1.82, 2.24) is 14.2 Å². The second kappa shape index (κ2) is 9.48. The average molecular weight is 483 g/mol. The monoisotopic (exact) mass is 482 g/mol.